The number of methoxy groups -OCH3 is 1. The van der Waals surface area contributed by atoms with Gasteiger partial charge in [-0.25, -0.2) is 14.4 Å². The Kier molecular flexibility index (Phi) is 7.98. The second-order valence-electron chi connectivity index (χ2n) is 10.8. The van der Waals surface area contributed by atoms with E-state index in [-0.39, 0.29) is 11.6 Å². The molecule has 1 N–H and O–H groups in total. The van der Waals surface area contributed by atoms with E-state index in [0.29, 0.717) is 47.5 Å². The monoisotopic (exact) mass is 631 g/mol. The number of phenolic OH excluding ortho intramolecular Hbond substituents is 1. The maximum Gasteiger partial charge on any atom is 0.231 e. The summed E-state index contributed by atoms with van der Waals surface area (Å²) in [7, 11) is 1.65. The van der Waals surface area contributed by atoms with Crippen LogP contribution in [0.3, 0.4) is 0 Å². The topological polar surface area (TPSA) is 93.6 Å². The number of rotatable bonds is 10. The lowest BCUT2D eigenvalue weighted by atomic mass is 10.1. The average Bonchev–Trinajstić information content (AvgIpc) is 3.66. The van der Waals surface area contributed by atoms with Crippen molar-refractivity contribution in [2.45, 2.75) is 24.8 Å². The molecule has 7 rings (SSSR count). The third-order valence-electron chi connectivity index (χ3n) is 7.81. The first-order valence-corrected chi connectivity index (χ1v) is 15.9. The Morgan fingerprint density at radius 1 is 0.870 bits per heavy atom. The molecule has 0 saturated carbocycles. The van der Waals surface area contributed by atoms with Crippen molar-refractivity contribution >= 4 is 34.4 Å². The molecule has 0 aliphatic heterocycles. The third-order valence-corrected chi connectivity index (χ3v) is 8.35. The predicted octanol–water partition coefficient (Wildman–Crippen LogP) is 6.97. The summed E-state index contributed by atoms with van der Waals surface area (Å²) >= 11 is 1.43. The van der Waals surface area contributed by atoms with E-state index in [2.05, 4.69) is 15.5 Å². The van der Waals surface area contributed by atoms with Crippen LogP contribution in [0.4, 0.5) is 10.3 Å². The van der Waals surface area contributed by atoms with E-state index in [1.54, 1.807) is 36.0 Å². The number of halogens is 1. The van der Waals surface area contributed by atoms with Gasteiger partial charge in [0, 0.05) is 18.7 Å². The molecular formula is C35H30FN7O2S. The summed E-state index contributed by atoms with van der Waals surface area (Å²) in [6.45, 7) is 1.45. The SMILES string of the molecule is COc1ccc(CN(Cc2nc3ccccc3n2Cc2ccc(O)cc2)c2nc(SC)nc3c(-c4cccc(F)c4)cnn23)cc1. The molecule has 9 nitrogen and oxygen atoms in total. The van der Waals surface area contributed by atoms with E-state index >= 15 is 0 Å². The second-order valence-corrected chi connectivity index (χ2v) is 11.6. The highest BCUT2D eigenvalue weighted by Gasteiger charge is 2.23. The molecule has 0 bridgehead atoms. The number of fused-ring (bicyclic) bond motifs is 2. The predicted molar refractivity (Wildman–Crippen MR) is 178 cm³/mol. The lowest BCUT2D eigenvalue weighted by Crippen LogP contribution is -2.28. The first-order valence-electron chi connectivity index (χ1n) is 14.6. The molecule has 0 unspecified atom stereocenters. The number of hydrogen-bond donors (Lipinski definition) is 1. The van der Waals surface area contributed by atoms with Crippen LogP contribution in [0.5, 0.6) is 11.5 Å². The van der Waals surface area contributed by atoms with E-state index in [1.807, 2.05) is 66.9 Å². The summed E-state index contributed by atoms with van der Waals surface area (Å²) in [5.74, 6) is 2.07. The number of phenols is 1. The molecule has 46 heavy (non-hydrogen) atoms. The minimum absolute atomic E-state index is 0.222. The van der Waals surface area contributed by atoms with Crippen LogP contribution in [-0.4, -0.2) is 47.6 Å². The fourth-order valence-electron chi connectivity index (χ4n) is 5.53. The first kappa shape index (κ1) is 29.3. The highest BCUT2D eigenvalue weighted by atomic mass is 32.2. The van der Waals surface area contributed by atoms with Gasteiger partial charge in [-0.1, -0.05) is 60.3 Å². The largest absolute Gasteiger partial charge is 0.508 e. The number of imidazole rings is 1. The van der Waals surface area contributed by atoms with Gasteiger partial charge < -0.3 is 19.3 Å². The molecule has 0 aliphatic rings. The molecule has 0 radical (unpaired) electrons. The minimum Gasteiger partial charge on any atom is -0.508 e. The Morgan fingerprint density at radius 3 is 2.41 bits per heavy atom. The zero-order valence-corrected chi connectivity index (χ0v) is 26.0. The maximum atomic E-state index is 14.2. The van der Waals surface area contributed by atoms with Crippen molar-refractivity contribution in [1.82, 2.24) is 29.1 Å². The summed E-state index contributed by atoms with van der Waals surface area (Å²) in [6, 6.07) is 29.6. The summed E-state index contributed by atoms with van der Waals surface area (Å²) in [5, 5.41) is 15.2. The Labute approximate surface area is 269 Å². The molecule has 3 aromatic heterocycles. The van der Waals surface area contributed by atoms with Crippen LogP contribution in [0.1, 0.15) is 17.0 Å². The van der Waals surface area contributed by atoms with Gasteiger partial charge in [0.2, 0.25) is 5.95 Å². The number of aromatic nitrogens is 6. The highest BCUT2D eigenvalue weighted by Crippen LogP contribution is 2.30. The summed E-state index contributed by atoms with van der Waals surface area (Å²) < 4.78 is 23.6. The zero-order chi connectivity index (χ0) is 31.6. The minimum atomic E-state index is -0.329. The van der Waals surface area contributed by atoms with Gasteiger partial charge in [-0.05, 0) is 71.5 Å². The van der Waals surface area contributed by atoms with Crippen molar-refractivity contribution in [1.29, 1.82) is 0 Å². The summed E-state index contributed by atoms with van der Waals surface area (Å²) in [5.41, 5.74) is 5.93. The molecular weight excluding hydrogens is 601 g/mol. The van der Waals surface area contributed by atoms with Crippen molar-refractivity contribution in [2.24, 2.45) is 0 Å². The normalized spacial score (nSPS) is 11.4. The number of anilines is 1. The molecule has 0 amide bonds. The quantitative estimate of drug-likeness (QED) is 0.162. The number of para-hydroxylation sites is 2. The number of hydrogen-bond acceptors (Lipinski definition) is 8. The van der Waals surface area contributed by atoms with Crippen molar-refractivity contribution in [3.05, 3.63) is 126 Å². The number of aromatic hydroxyl groups is 1. The summed E-state index contributed by atoms with van der Waals surface area (Å²) in [4.78, 5) is 17.0. The number of ether oxygens (including phenoxy) is 1. The molecule has 0 aliphatic carbocycles. The Bertz CT molecular complexity index is 2150. The molecule has 3 heterocycles. The molecule has 230 valence electrons. The van der Waals surface area contributed by atoms with E-state index < -0.39 is 0 Å². The average molecular weight is 632 g/mol. The zero-order valence-electron chi connectivity index (χ0n) is 25.2. The van der Waals surface area contributed by atoms with Gasteiger partial charge in [-0.3, -0.25) is 0 Å². The highest BCUT2D eigenvalue weighted by molar-refractivity contribution is 7.98. The van der Waals surface area contributed by atoms with Gasteiger partial charge in [0.1, 0.15) is 23.1 Å². The Hall–Kier alpha value is -5.42. The van der Waals surface area contributed by atoms with Crippen LogP contribution in [0.2, 0.25) is 0 Å². The van der Waals surface area contributed by atoms with Crippen LogP contribution >= 0.6 is 11.8 Å². The molecule has 0 spiro atoms. The van der Waals surface area contributed by atoms with Crippen LogP contribution in [-0.2, 0) is 19.6 Å². The van der Waals surface area contributed by atoms with E-state index in [4.69, 9.17) is 24.8 Å². The maximum absolute atomic E-state index is 14.2. The number of thioether (sulfide) groups is 1. The van der Waals surface area contributed by atoms with Crippen molar-refractivity contribution in [3.8, 4) is 22.6 Å². The van der Waals surface area contributed by atoms with Crippen LogP contribution in [0.15, 0.2) is 108 Å². The second kappa shape index (κ2) is 12.5. The van der Waals surface area contributed by atoms with E-state index in [0.717, 1.165) is 33.7 Å². The van der Waals surface area contributed by atoms with Crippen molar-refractivity contribution in [2.75, 3.05) is 18.3 Å². The van der Waals surface area contributed by atoms with Gasteiger partial charge in [0.25, 0.3) is 0 Å². The molecule has 0 atom stereocenters. The molecule has 7 aromatic rings. The van der Waals surface area contributed by atoms with Crippen LogP contribution in [0.25, 0.3) is 27.8 Å². The van der Waals surface area contributed by atoms with E-state index in [9.17, 15) is 9.50 Å². The number of benzene rings is 4. The van der Waals surface area contributed by atoms with Gasteiger partial charge in [-0.15, -0.1) is 0 Å². The molecule has 0 saturated heterocycles. The van der Waals surface area contributed by atoms with Crippen LogP contribution < -0.4 is 9.64 Å². The fraction of sp³-hybridized carbons (Fsp3) is 0.143. The lowest BCUT2D eigenvalue weighted by Gasteiger charge is -2.25. The van der Waals surface area contributed by atoms with Crippen molar-refractivity contribution < 1.29 is 14.2 Å². The smallest absolute Gasteiger partial charge is 0.231 e. The standard InChI is InChI=1S/C35H30FN7O2S/c1-45-28-16-12-23(13-17-28)20-41(22-32-38-30-8-3-4-9-31(30)42(32)21-24-10-14-27(44)15-11-24)35-40-34(46-2)39-33-29(19-37-43(33)35)25-6-5-7-26(36)18-25/h3-19,44H,20-22H2,1-2H3. The van der Waals surface area contributed by atoms with Gasteiger partial charge in [-0.2, -0.15) is 14.6 Å². The first-order chi connectivity index (χ1) is 22.5. The van der Waals surface area contributed by atoms with Crippen LogP contribution in [0, 0.1) is 5.82 Å². The van der Waals surface area contributed by atoms with Gasteiger partial charge in [0.05, 0.1) is 30.9 Å². The third kappa shape index (κ3) is 5.84. The number of nitrogens with zero attached hydrogens (tertiary/aromatic N) is 7. The fourth-order valence-corrected chi connectivity index (χ4v) is 5.88. The molecule has 0 fully saturated rings. The molecule has 4 aromatic carbocycles. The Morgan fingerprint density at radius 2 is 1.65 bits per heavy atom. The molecule has 11 heteroatoms. The lowest BCUT2D eigenvalue weighted by molar-refractivity contribution is 0.414. The summed E-state index contributed by atoms with van der Waals surface area (Å²) in [6.07, 6.45) is 3.64. The Balaban J connectivity index is 1.37. The van der Waals surface area contributed by atoms with Gasteiger partial charge in [0.15, 0.2) is 10.8 Å². The van der Waals surface area contributed by atoms with E-state index in [1.165, 1.54) is 23.9 Å². The van der Waals surface area contributed by atoms with Crippen molar-refractivity contribution in [3.63, 3.8) is 0 Å². The van der Waals surface area contributed by atoms with Gasteiger partial charge >= 0.3 is 0 Å².